The van der Waals surface area contributed by atoms with Crippen LogP contribution in [0.15, 0.2) is 53.0 Å². The summed E-state index contributed by atoms with van der Waals surface area (Å²) in [6, 6.07) is 17.3. The highest BCUT2D eigenvalue weighted by Crippen LogP contribution is 2.41. The van der Waals surface area contributed by atoms with Gasteiger partial charge in [0.25, 0.3) is 0 Å². The van der Waals surface area contributed by atoms with Crippen LogP contribution in [0, 0.1) is 0 Å². The number of aromatic amines is 1. The van der Waals surface area contributed by atoms with Crippen molar-refractivity contribution < 1.29 is 0 Å². The molecule has 1 heterocycles. The van der Waals surface area contributed by atoms with Crippen molar-refractivity contribution in [3.8, 4) is 0 Å². The van der Waals surface area contributed by atoms with Gasteiger partial charge in [0.05, 0.1) is 0 Å². The third kappa shape index (κ3) is 1.82. The second-order valence-corrected chi connectivity index (χ2v) is 6.38. The minimum Gasteiger partial charge on any atom is -0.358 e. The lowest BCUT2D eigenvalue weighted by molar-refractivity contribution is 0.607. The molecule has 1 aromatic heterocycles. The number of H-pyrrole nitrogens is 1. The molecule has 1 aliphatic carbocycles. The molecule has 4 rings (SSSR count). The number of aryl methyl sites for hydroxylation is 1. The summed E-state index contributed by atoms with van der Waals surface area (Å²) >= 11 is 3.71. The highest BCUT2D eigenvalue weighted by Gasteiger charge is 2.26. The molecular formula is C18H16BrN. The van der Waals surface area contributed by atoms with Gasteiger partial charge in [-0.1, -0.05) is 52.3 Å². The first-order valence-corrected chi connectivity index (χ1v) is 7.98. The normalized spacial score (nSPS) is 18.1. The first-order chi connectivity index (χ1) is 9.84. The fourth-order valence-corrected chi connectivity index (χ4v) is 4.04. The number of halogens is 1. The van der Waals surface area contributed by atoms with Crippen LogP contribution in [-0.4, -0.2) is 4.98 Å². The number of fused-ring (bicyclic) bond motifs is 3. The minimum atomic E-state index is 0.488. The summed E-state index contributed by atoms with van der Waals surface area (Å²) in [6.45, 7) is 0. The largest absolute Gasteiger partial charge is 0.358 e. The van der Waals surface area contributed by atoms with Crippen molar-refractivity contribution >= 4 is 26.8 Å². The van der Waals surface area contributed by atoms with E-state index >= 15 is 0 Å². The molecule has 0 aliphatic heterocycles. The lowest BCUT2D eigenvalue weighted by Crippen LogP contribution is -2.10. The van der Waals surface area contributed by atoms with E-state index in [2.05, 4.69) is 69.4 Å². The number of aromatic nitrogens is 1. The number of nitrogens with one attached hydrogen (secondary N) is 1. The minimum absolute atomic E-state index is 0.488. The van der Waals surface area contributed by atoms with Gasteiger partial charge in [-0.05, 0) is 42.5 Å². The summed E-state index contributed by atoms with van der Waals surface area (Å²) in [6.07, 6.45) is 3.68. The first-order valence-electron chi connectivity index (χ1n) is 7.18. The molecule has 3 aromatic rings. The number of hydrogen-bond donors (Lipinski definition) is 1. The van der Waals surface area contributed by atoms with Crippen molar-refractivity contribution in [3.05, 3.63) is 69.8 Å². The van der Waals surface area contributed by atoms with E-state index in [1.165, 1.54) is 51.5 Å². The van der Waals surface area contributed by atoms with Crippen molar-refractivity contribution in [2.24, 2.45) is 0 Å². The third-order valence-electron chi connectivity index (χ3n) is 4.40. The second-order valence-electron chi connectivity index (χ2n) is 5.53. The smallest absolute Gasteiger partial charge is 0.0459 e. The molecule has 0 saturated heterocycles. The summed E-state index contributed by atoms with van der Waals surface area (Å²) in [7, 11) is 0. The zero-order valence-electron chi connectivity index (χ0n) is 11.2. The Morgan fingerprint density at radius 2 is 1.80 bits per heavy atom. The molecule has 1 N–H and O–H groups in total. The Bertz CT molecular complexity index is 772. The molecule has 2 heteroatoms. The topological polar surface area (TPSA) is 15.8 Å². The van der Waals surface area contributed by atoms with Gasteiger partial charge < -0.3 is 4.98 Å². The average Bonchev–Trinajstić information content (AvgIpc) is 2.86. The van der Waals surface area contributed by atoms with Crippen LogP contribution in [0.3, 0.4) is 0 Å². The fourth-order valence-electron chi connectivity index (χ4n) is 3.48. The Morgan fingerprint density at radius 1 is 1.00 bits per heavy atom. The molecule has 0 bridgehead atoms. The van der Waals surface area contributed by atoms with Gasteiger partial charge in [0, 0.05) is 27.0 Å². The summed E-state index contributed by atoms with van der Waals surface area (Å²) in [5, 5.41) is 1.40. The predicted molar refractivity (Wildman–Crippen MR) is 87.2 cm³/mol. The number of rotatable bonds is 1. The van der Waals surface area contributed by atoms with Gasteiger partial charge in [-0.3, -0.25) is 0 Å². The second kappa shape index (κ2) is 4.78. The van der Waals surface area contributed by atoms with Gasteiger partial charge in [0.1, 0.15) is 0 Å². The zero-order valence-corrected chi connectivity index (χ0v) is 12.8. The Balaban J connectivity index is 1.92. The SMILES string of the molecule is Brc1ccccc1C1CCCc2c1[nH]c1ccccc21. The molecule has 1 aliphatic rings. The Morgan fingerprint density at radius 3 is 2.70 bits per heavy atom. The van der Waals surface area contributed by atoms with Crippen LogP contribution in [0.5, 0.6) is 0 Å². The highest BCUT2D eigenvalue weighted by atomic mass is 79.9. The lowest BCUT2D eigenvalue weighted by atomic mass is 9.82. The predicted octanol–water partition coefficient (Wildman–Crippen LogP) is 5.40. The van der Waals surface area contributed by atoms with Crippen molar-refractivity contribution in [3.63, 3.8) is 0 Å². The monoisotopic (exact) mass is 325 g/mol. The molecule has 0 saturated carbocycles. The quantitative estimate of drug-likeness (QED) is 0.616. The van der Waals surface area contributed by atoms with Gasteiger partial charge >= 0.3 is 0 Å². The summed E-state index contributed by atoms with van der Waals surface area (Å²) < 4.78 is 1.22. The van der Waals surface area contributed by atoms with Gasteiger partial charge in [-0.15, -0.1) is 0 Å². The molecule has 0 amide bonds. The van der Waals surface area contributed by atoms with Crippen molar-refractivity contribution in [1.82, 2.24) is 4.98 Å². The van der Waals surface area contributed by atoms with Gasteiger partial charge in [0.15, 0.2) is 0 Å². The van der Waals surface area contributed by atoms with Crippen LogP contribution < -0.4 is 0 Å². The fraction of sp³-hybridized carbons (Fsp3) is 0.222. The van der Waals surface area contributed by atoms with Crippen LogP contribution in [0.1, 0.15) is 35.6 Å². The highest BCUT2D eigenvalue weighted by molar-refractivity contribution is 9.10. The standard InChI is InChI=1S/C18H16BrN/c19-16-10-3-1-6-12(16)14-8-5-9-15-13-7-2-4-11-17(13)20-18(14)15/h1-4,6-7,10-11,14,20H,5,8-9H2. The van der Waals surface area contributed by atoms with Gasteiger partial charge in [-0.2, -0.15) is 0 Å². The number of para-hydroxylation sites is 1. The molecule has 20 heavy (non-hydrogen) atoms. The van der Waals surface area contributed by atoms with E-state index in [0.29, 0.717) is 5.92 Å². The zero-order chi connectivity index (χ0) is 13.5. The average molecular weight is 326 g/mol. The van der Waals surface area contributed by atoms with Crippen LogP contribution >= 0.6 is 15.9 Å². The van der Waals surface area contributed by atoms with Crippen LogP contribution in [0.2, 0.25) is 0 Å². The van der Waals surface area contributed by atoms with E-state index in [1.807, 2.05) is 0 Å². The van der Waals surface area contributed by atoms with Crippen LogP contribution in [-0.2, 0) is 6.42 Å². The first kappa shape index (κ1) is 12.2. The summed E-state index contributed by atoms with van der Waals surface area (Å²) in [5.74, 6) is 0.488. The maximum Gasteiger partial charge on any atom is 0.0459 e. The number of hydrogen-bond acceptors (Lipinski definition) is 0. The summed E-state index contributed by atoms with van der Waals surface area (Å²) in [4.78, 5) is 3.67. The van der Waals surface area contributed by atoms with Gasteiger partial charge in [-0.25, -0.2) is 0 Å². The van der Waals surface area contributed by atoms with Gasteiger partial charge in [0.2, 0.25) is 0 Å². The molecule has 0 spiro atoms. The van der Waals surface area contributed by atoms with E-state index in [1.54, 1.807) is 0 Å². The number of benzene rings is 2. The van der Waals surface area contributed by atoms with E-state index in [-0.39, 0.29) is 0 Å². The molecule has 2 aromatic carbocycles. The van der Waals surface area contributed by atoms with Crippen molar-refractivity contribution in [1.29, 1.82) is 0 Å². The maximum atomic E-state index is 3.71. The van der Waals surface area contributed by atoms with E-state index in [4.69, 9.17) is 0 Å². The van der Waals surface area contributed by atoms with Crippen LogP contribution in [0.4, 0.5) is 0 Å². The van der Waals surface area contributed by atoms with E-state index in [0.717, 1.165) is 0 Å². The Labute approximate surface area is 127 Å². The van der Waals surface area contributed by atoms with Crippen molar-refractivity contribution in [2.45, 2.75) is 25.2 Å². The van der Waals surface area contributed by atoms with Crippen LogP contribution in [0.25, 0.3) is 10.9 Å². The molecule has 1 nitrogen and oxygen atoms in total. The van der Waals surface area contributed by atoms with E-state index < -0.39 is 0 Å². The molecule has 100 valence electrons. The third-order valence-corrected chi connectivity index (χ3v) is 5.12. The summed E-state index contributed by atoms with van der Waals surface area (Å²) in [5.41, 5.74) is 5.62. The molecule has 1 unspecified atom stereocenters. The molecule has 1 atom stereocenters. The lowest BCUT2D eigenvalue weighted by Gasteiger charge is -2.24. The maximum absolute atomic E-state index is 3.71. The Kier molecular flexibility index (Phi) is 2.92. The molecule has 0 fully saturated rings. The Hall–Kier alpha value is -1.54. The molecular weight excluding hydrogens is 310 g/mol. The van der Waals surface area contributed by atoms with Crippen molar-refractivity contribution in [2.75, 3.05) is 0 Å². The molecule has 0 radical (unpaired) electrons. The van der Waals surface area contributed by atoms with E-state index in [9.17, 15) is 0 Å².